The lowest BCUT2D eigenvalue weighted by atomic mass is 10.00. The van der Waals surface area contributed by atoms with E-state index in [1.807, 2.05) is 43.3 Å². The van der Waals surface area contributed by atoms with Gasteiger partial charge in [-0.1, -0.05) is 12.1 Å². The highest BCUT2D eigenvalue weighted by atomic mass is 32.2. The molecule has 5 nitrogen and oxygen atoms in total. The van der Waals surface area contributed by atoms with Crippen LogP contribution in [-0.2, 0) is 16.4 Å². The minimum atomic E-state index is -2.98. The van der Waals surface area contributed by atoms with E-state index in [0.717, 1.165) is 18.7 Å². The molecule has 118 valence electrons. The highest BCUT2D eigenvalue weighted by Gasteiger charge is 2.52. The highest BCUT2D eigenvalue weighted by molar-refractivity contribution is 7.92. The summed E-state index contributed by atoms with van der Waals surface area (Å²) in [6, 6.07) is 9.76. The topological polar surface area (TPSA) is 64.4 Å². The van der Waals surface area contributed by atoms with Crippen molar-refractivity contribution in [3.05, 3.63) is 35.4 Å². The van der Waals surface area contributed by atoms with Crippen LogP contribution in [0.25, 0.3) is 0 Å². The summed E-state index contributed by atoms with van der Waals surface area (Å²) in [5.41, 5.74) is 1.77. The van der Waals surface area contributed by atoms with Crippen LogP contribution in [0.4, 0.5) is 0 Å². The SMILES string of the molecule is CN(C)[C@@H]1CS(=O)(=O)[C@H]2CN(Cc3ccc(C#N)cc3)C[C@@H]12. The monoisotopic (exact) mass is 319 g/mol. The molecule has 2 aliphatic rings. The second-order valence-corrected chi connectivity index (χ2v) is 8.83. The summed E-state index contributed by atoms with van der Waals surface area (Å²) in [4.78, 5) is 4.28. The van der Waals surface area contributed by atoms with Crippen molar-refractivity contribution in [2.24, 2.45) is 5.92 Å². The fourth-order valence-corrected chi connectivity index (χ4v) is 6.23. The second kappa shape index (κ2) is 5.65. The van der Waals surface area contributed by atoms with E-state index in [-0.39, 0.29) is 17.2 Å². The highest BCUT2D eigenvalue weighted by Crippen LogP contribution is 2.36. The normalized spacial score (nSPS) is 30.4. The first-order chi connectivity index (χ1) is 10.4. The van der Waals surface area contributed by atoms with Crippen molar-refractivity contribution < 1.29 is 8.42 Å². The van der Waals surface area contributed by atoms with E-state index in [9.17, 15) is 8.42 Å². The van der Waals surface area contributed by atoms with E-state index < -0.39 is 9.84 Å². The molecule has 6 heteroatoms. The van der Waals surface area contributed by atoms with Gasteiger partial charge in [0.25, 0.3) is 0 Å². The van der Waals surface area contributed by atoms with Crippen LogP contribution < -0.4 is 0 Å². The van der Waals surface area contributed by atoms with E-state index in [0.29, 0.717) is 17.9 Å². The van der Waals surface area contributed by atoms with Crippen molar-refractivity contribution in [2.75, 3.05) is 32.9 Å². The lowest BCUT2D eigenvalue weighted by molar-refractivity contribution is 0.229. The summed E-state index contributed by atoms with van der Waals surface area (Å²) in [5, 5.41) is 8.60. The van der Waals surface area contributed by atoms with Crippen molar-refractivity contribution in [1.29, 1.82) is 5.26 Å². The molecule has 2 saturated heterocycles. The van der Waals surface area contributed by atoms with Crippen molar-refractivity contribution in [1.82, 2.24) is 9.80 Å². The Morgan fingerprint density at radius 1 is 1.27 bits per heavy atom. The van der Waals surface area contributed by atoms with E-state index in [1.54, 1.807) is 0 Å². The Hall–Kier alpha value is -1.42. The Labute approximate surface area is 132 Å². The summed E-state index contributed by atoms with van der Waals surface area (Å²) >= 11 is 0. The molecule has 2 heterocycles. The van der Waals surface area contributed by atoms with Gasteiger partial charge in [0.05, 0.1) is 22.6 Å². The molecule has 0 aliphatic carbocycles. The molecular formula is C16H21N3O2S. The summed E-state index contributed by atoms with van der Waals surface area (Å²) in [5.74, 6) is 0.499. The largest absolute Gasteiger partial charge is 0.305 e. The van der Waals surface area contributed by atoms with E-state index >= 15 is 0 Å². The Morgan fingerprint density at radius 3 is 2.55 bits per heavy atom. The van der Waals surface area contributed by atoms with E-state index in [1.165, 1.54) is 0 Å². The molecule has 0 saturated carbocycles. The van der Waals surface area contributed by atoms with Crippen molar-refractivity contribution >= 4 is 9.84 Å². The van der Waals surface area contributed by atoms with Gasteiger partial charge in [-0.05, 0) is 31.8 Å². The van der Waals surface area contributed by atoms with Gasteiger partial charge in [-0.2, -0.15) is 5.26 Å². The van der Waals surface area contributed by atoms with Gasteiger partial charge >= 0.3 is 0 Å². The first-order valence-electron chi connectivity index (χ1n) is 7.50. The number of hydrogen-bond donors (Lipinski definition) is 0. The molecule has 0 aromatic heterocycles. The van der Waals surface area contributed by atoms with Gasteiger partial charge in [-0.3, -0.25) is 4.90 Å². The Balaban J connectivity index is 1.73. The van der Waals surface area contributed by atoms with Crippen LogP contribution in [0.3, 0.4) is 0 Å². The maximum Gasteiger partial charge on any atom is 0.156 e. The second-order valence-electron chi connectivity index (χ2n) is 6.57. The molecule has 2 aliphatic heterocycles. The van der Waals surface area contributed by atoms with Crippen LogP contribution in [-0.4, -0.2) is 62.4 Å². The minimum absolute atomic E-state index is 0.126. The first-order valence-corrected chi connectivity index (χ1v) is 9.21. The molecule has 0 N–H and O–H groups in total. The Morgan fingerprint density at radius 2 is 1.95 bits per heavy atom. The zero-order valence-corrected chi connectivity index (χ0v) is 13.8. The molecule has 0 bridgehead atoms. The predicted molar refractivity (Wildman–Crippen MR) is 85.0 cm³/mol. The van der Waals surface area contributed by atoms with Gasteiger partial charge in [-0.15, -0.1) is 0 Å². The summed E-state index contributed by atoms with van der Waals surface area (Å²) in [6.45, 7) is 2.19. The number of hydrogen-bond acceptors (Lipinski definition) is 5. The van der Waals surface area contributed by atoms with Crippen LogP contribution in [0.1, 0.15) is 11.1 Å². The average Bonchev–Trinajstić information content (AvgIpc) is 2.99. The molecular weight excluding hydrogens is 298 g/mol. The lowest BCUT2D eigenvalue weighted by Gasteiger charge is -2.25. The molecule has 0 radical (unpaired) electrons. The number of fused-ring (bicyclic) bond motifs is 1. The first kappa shape index (κ1) is 15.5. The maximum absolute atomic E-state index is 12.4. The van der Waals surface area contributed by atoms with Crippen LogP contribution in [0.5, 0.6) is 0 Å². The van der Waals surface area contributed by atoms with E-state index in [2.05, 4.69) is 11.0 Å². The van der Waals surface area contributed by atoms with Crippen molar-refractivity contribution in [2.45, 2.75) is 17.8 Å². The zero-order chi connectivity index (χ0) is 15.9. The van der Waals surface area contributed by atoms with E-state index in [4.69, 9.17) is 5.26 Å². The summed E-state index contributed by atoms with van der Waals surface area (Å²) in [6.07, 6.45) is 0. The molecule has 1 aromatic rings. The third-order valence-corrected chi connectivity index (χ3v) is 7.12. The molecule has 3 rings (SSSR count). The van der Waals surface area contributed by atoms with Crippen molar-refractivity contribution in [3.63, 3.8) is 0 Å². The third-order valence-electron chi connectivity index (χ3n) is 4.90. The average molecular weight is 319 g/mol. The minimum Gasteiger partial charge on any atom is -0.305 e. The molecule has 0 spiro atoms. The number of nitrogens with zero attached hydrogens (tertiary/aromatic N) is 3. The number of rotatable bonds is 3. The molecule has 0 amide bonds. The number of sulfone groups is 1. The van der Waals surface area contributed by atoms with Gasteiger partial charge < -0.3 is 4.90 Å². The lowest BCUT2D eigenvalue weighted by Crippen LogP contribution is -2.37. The molecule has 3 atom stereocenters. The molecule has 0 unspecified atom stereocenters. The number of nitriles is 1. The number of likely N-dealkylation sites (tertiary alicyclic amines) is 1. The van der Waals surface area contributed by atoms with Crippen LogP contribution in [0.15, 0.2) is 24.3 Å². The zero-order valence-electron chi connectivity index (χ0n) is 12.9. The smallest absolute Gasteiger partial charge is 0.156 e. The van der Waals surface area contributed by atoms with Gasteiger partial charge in [0.1, 0.15) is 0 Å². The number of benzene rings is 1. The summed E-state index contributed by atoms with van der Waals surface area (Å²) < 4.78 is 24.7. The quantitative estimate of drug-likeness (QED) is 0.821. The van der Waals surface area contributed by atoms with Gasteiger partial charge in [0.15, 0.2) is 9.84 Å². The van der Waals surface area contributed by atoms with Crippen LogP contribution >= 0.6 is 0 Å². The molecule has 22 heavy (non-hydrogen) atoms. The summed E-state index contributed by atoms with van der Waals surface area (Å²) in [7, 11) is 0.948. The molecule has 1 aromatic carbocycles. The van der Waals surface area contributed by atoms with Gasteiger partial charge in [-0.25, -0.2) is 8.42 Å². The molecule has 2 fully saturated rings. The Bertz CT molecular complexity index is 691. The van der Waals surface area contributed by atoms with Gasteiger partial charge in [0, 0.05) is 31.6 Å². The third kappa shape index (κ3) is 2.76. The van der Waals surface area contributed by atoms with Gasteiger partial charge in [0.2, 0.25) is 0 Å². The van der Waals surface area contributed by atoms with Crippen LogP contribution in [0.2, 0.25) is 0 Å². The fourth-order valence-electron chi connectivity index (χ4n) is 3.72. The van der Waals surface area contributed by atoms with Crippen LogP contribution in [0, 0.1) is 17.2 Å². The maximum atomic E-state index is 12.4. The van der Waals surface area contributed by atoms with Crippen molar-refractivity contribution in [3.8, 4) is 6.07 Å². The predicted octanol–water partition coefficient (Wildman–Crippen LogP) is 0.717. The standard InChI is InChI=1S/C16H21N3O2S/c1-18(2)15-11-22(20,21)16-10-19(9-14(15)16)8-13-5-3-12(7-17)4-6-13/h3-6,14-16H,8-11H2,1-2H3/t14-,15+,16-/m0/s1. The fraction of sp³-hybridized carbons (Fsp3) is 0.562. The Kier molecular flexibility index (Phi) is 3.98.